The number of anilines is 2. The molecule has 0 aliphatic carbocycles. The van der Waals surface area contributed by atoms with E-state index in [1.54, 1.807) is 30.3 Å². The minimum absolute atomic E-state index is 0.0488. The number of ketones is 1. The van der Waals surface area contributed by atoms with Crippen molar-refractivity contribution in [3.8, 4) is 5.75 Å². The molecule has 0 saturated carbocycles. The highest BCUT2D eigenvalue weighted by Gasteiger charge is 2.30. The van der Waals surface area contributed by atoms with Gasteiger partial charge in [-0.1, -0.05) is 32.9 Å². The van der Waals surface area contributed by atoms with E-state index < -0.39 is 21.5 Å². The second kappa shape index (κ2) is 9.46. The molecule has 34 heavy (non-hydrogen) atoms. The Morgan fingerprint density at radius 3 is 2.32 bits per heavy atom. The summed E-state index contributed by atoms with van der Waals surface area (Å²) in [6, 6.07) is 9.43. The number of hydrogen-bond acceptors (Lipinski definition) is 6. The molecule has 1 saturated heterocycles. The Kier molecular flexibility index (Phi) is 7.02. The topological polar surface area (TPSA) is 122 Å². The van der Waals surface area contributed by atoms with Crippen molar-refractivity contribution in [2.24, 2.45) is 0 Å². The van der Waals surface area contributed by atoms with Crippen LogP contribution in [0.2, 0.25) is 0 Å². The third-order valence-electron chi connectivity index (χ3n) is 5.37. The molecule has 3 rings (SSSR count). The van der Waals surface area contributed by atoms with Crippen LogP contribution in [-0.2, 0) is 26.7 Å². The van der Waals surface area contributed by atoms with E-state index in [-0.39, 0.29) is 31.1 Å². The van der Waals surface area contributed by atoms with Crippen LogP contribution in [-0.4, -0.2) is 46.0 Å². The maximum Gasteiger partial charge on any atom is 0.328 e. The van der Waals surface area contributed by atoms with Crippen molar-refractivity contribution in [1.82, 2.24) is 5.32 Å². The number of Topliss-reactive ketones (excluding diaryl/α,β-unsaturated/α-hetero) is 1. The molecule has 9 nitrogen and oxygen atoms in total. The fraction of sp³-hybridized carbons (Fsp3) is 0.375. The zero-order valence-electron chi connectivity index (χ0n) is 19.9. The minimum Gasteiger partial charge on any atom is -0.496 e. The van der Waals surface area contributed by atoms with Gasteiger partial charge in [0.1, 0.15) is 5.75 Å². The zero-order valence-corrected chi connectivity index (χ0v) is 20.7. The summed E-state index contributed by atoms with van der Waals surface area (Å²) in [7, 11) is -1.90. The summed E-state index contributed by atoms with van der Waals surface area (Å²) < 4.78 is 30.8. The van der Waals surface area contributed by atoms with Crippen molar-refractivity contribution in [3.05, 3.63) is 53.1 Å². The molecular weight excluding hydrogens is 458 g/mol. The molecule has 1 aliphatic heterocycles. The van der Waals surface area contributed by atoms with Crippen LogP contribution in [0, 0.1) is 0 Å². The number of imide groups is 1. The van der Waals surface area contributed by atoms with Gasteiger partial charge in [0.25, 0.3) is 0 Å². The van der Waals surface area contributed by atoms with E-state index in [4.69, 9.17) is 4.74 Å². The molecule has 2 aromatic rings. The number of rotatable bonds is 7. The monoisotopic (exact) mass is 487 g/mol. The lowest BCUT2D eigenvalue weighted by Gasteiger charge is -2.30. The number of hydrogen-bond donors (Lipinski definition) is 2. The minimum atomic E-state index is -3.40. The third-order valence-corrected chi connectivity index (χ3v) is 5.98. The Bertz CT molecular complexity index is 1230. The maximum absolute atomic E-state index is 13.4. The quantitative estimate of drug-likeness (QED) is 0.578. The number of carbonyl (C=O) groups is 3. The first kappa shape index (κ1) is 25.2. The first-order chi connectivity index (χ1) is 15.8. The number of sulfonamides is 1. The molecule has 10 heteroatoms. The second-order valence-corrected chi connectivity index (χ2v) is 11.0. The van der Waals surface area contributed by atoms with Crippen LogP contribution in [0.4, 0.5) is 16.2 Å². The smallest absolute Gasteiger partial charge is 0.328 e. The van der Waals surface area contributed by atoms with Gasteiger partial charge in [0.05, 0.1) is 18.9 Å². The number of carbonyl (C=O) groups excluding carboxylic acids is 3. The zero-order chi connectivity index (χ0) is 25.3. The maximum atomic E-state index is 13.4. The normalized spacial score (nSPS) is 14.6. The fourth-order valence-electron chi connectivity index (χ4n) is 3.75. The van der Waals surface area contributed by atoms with Crippen molar-refractivity contribution in [1.29, 1.82) is 0 Å². The third kappa shape index (κ3) is 5.93. The highest BCUT2D eigenvalue weighted by atomic mass is 32.2. The average Bonchev–Trinajstić information content (AvgIpc) is 2.72. The second-order valence-electron chi connectivity index (χ2n) is 9.25. The van der Waals surface area contributed by atoms with Gasteiger partial charge in [-0.25, -0.2) is 13.2 Å². The van der Waals surface area contributed by atoms with Crippen molar-refractivity contribution >= 4 is 39.1 Å². The van der Waals surface area contributed by atoms with Crippen LogP contribution < -0.4 is 19.7 Å². The Balaban J connectivity index is 1.99. The van der Waals surface area contributed by atoms with E-state index in [1.807, 2.05) is 26.8 Å². The highest BCUT2D eigenvalue weighted by Crippen LogP contribution is 2.38. The molecule has 1 fully saturated rings. The van der Waals surface area contributed by atoms with Gasteiger partial charge in [-0.3, -0.25) is 24.5 Å². The van der Waals surface area contributed by atoms with Crippen LogP contribution in [0.1, 0.15) is 48.7 Å². The number of nitrogens with zero attached hydrogens (tertiary/aromatic N) is 1. The van der Waals surface area contributed by atoms with Gasteiger partial charge in [0.15, 0.2) is 5.78 Å². The molecule has 1 heterocycles. The number of ether oxygens (including phenoxy) is 1. The van der Waals surface area contributed by atoms with Crippen LogP contribution >= 0.6 is 0 Å². The van der Waals surface area contributed by atoms with Crippen LogP contribution in [0.3, 0.4) is 0 Å². The highest BCUT2D eigenvalue weighted by molar-refractivity contribution is 7.92. The lowest BCUT2D eigenvalue weighted by atomic mass is 9.83. The van der Waals surface area contributed by atoms with Crippen LogP contribution in [0.5, 0.6) is 5.75 Å². The summed E-state index contributed by atoms with van der Waals surface area (Å²) in [4.78, 5) is 38.9. The number of methoxy groups -OCH3 is 1. The van der Waals surface area contributed by atoms with Crippen LogP contribution in [0.25, 0.3) is 0 Å². The van der Waals surface area contributed by atoms with E-state index in [9.17, 15) is 22.8 Å². The molecule has 0 radical (unpaired) electrons. The fourth-order valence-corrected chi connectivity index (χ4v) is 4.31. The molecule has 1 aliphatic rings. The van der Waals surface area contributed by atoms with Gasteiger partial charge in [-0.05, 0) is 35.2 Å². The Morgan fingerprint density at radius 2 is 1.79 bits per heavy atom. The summed E-state index contributed by atoms with van der Waals surface area (Å²) in [6.07, 6.45) is 1.28. The predicted octanol–water partition coefficient (Wildman–Crippen LogP) is 3.24. The van der Waals surface area contributed by atoms with Crippen molar-refractivity contribution in [3.63, 3.8) is 0 Å². The van der Waals surface area contributed by atoms with E-state index in [1.165, 1.54) is 12.0 Å². The standard InChI is InChI=1S/C24H29N3O6S/c1-24(2,3)19-14-17(27-11-10-21(29)25-23(27)30)13-18(22(19)33-4)20(28)12-15-6-8-16(9-7-15)26-34(5,31)32/h6-9,13-14,26H,10-12H2,1-5H3,(H,25,29,30). The Labute approximate surface area is 199 Å². The summed E-state index contributed by atoms with van der Waals surface area (Å²) in [5, 5.41) is 2.31. The van der Waals surface area contributed by atoms with Crippen LogP contribution in [0.15, 0.2) is 36.4 Å². The first-order valence-electron chi connectivity index (χ1n) is 10.7. The molecule has 182 valence electrons. The molecule has 2 aromatic carbocycles. The molecule has 0 atom stereocenters. The van der Waals surface area contributed by atoms with Gasteiger partial charge in [-0.2, -0.15) is 0 Å². The molecule has 0 bridgehead atoms. The molecular formula is C24H29N3O6S. The van der Waals surface area contributed by atoms with E-state index in [0.717, 1.165) is 11.8 Å². The van der Waals surface area contributed by atoms with E-state index in [0.29, 0.717) is 28.3 Å². The lowest BCUT2D eigenvalue weighted by molar-refractivity contribution is -0.120. The predicted molar refractivity (Wildman–Crippen MR) is 130 cm³/mol. The largest absolute Gasteiger partial charge is 0.496 e. The lowest BCUT2D eigenvalue weighted by Crippen LogP contribution is -2.49. The summed E-state index contributed by atoms with van der Waals surface area (Å²) in [5.74, 6) is -0.123. The number of nitrogens with one attached hydrogen (secondary N) is 2. The first-order valence-corrected chi connectivity index (χ1v) is 12.6. The van der Waals surface area contributed by atoms with E-state index in [2.05, 4.69) is 10.0 Å². The Morgan fingerprint density at radius 1 is 1.15 bits per heavy atom. The number of urea groups is 1. The van der Waals surface area contributed by atoms with Gasteiger partial charge < -0.3 is 4.74 Å². The van der Waals surface area contributed by atoms with Gasteiger partial charge in [-0.15, -0.1) is 0 Å². The summed E-state index contributed by atoms with van der Waals surface area (Å²) in [5.41, 5.74) is 2.29. The number of amides is 3. The van der Waals surface area contributed by atoms with Gasteiger partial charge in [0.2, 0.25) is 15.9 Å². The van der Waals surface area contributed by atoms with Gasteiger partial charge in [0, 0.05) is 36.3 Å². The summed E-state index contributed by atoms with van der Waals surface area (Å²) >= 11 is 0. The van der Waals surface area contributed by atoms with Gasteiger partial charge >= 0.3 is 6.03 Å². The summed E-state index contributed by atoms with van der Waals surface area (Å²) in [6.45, 7) is 6.16. The molecule has 3 amide bonds. The van der Waals surface area contributed by atoms with Crippen molar-refractivity contribution in [2.75, 3.05) is 29.5 Å². The Hall–Kier alpha value is -3.40. The van der Waals surface area contributed by atoms with Crippen molar-refractivity contribution < 1.29 is 27.5 Å². The van der Waals surface area contributed by atoms with Crippen molar-refractivity contribution in [2.45, 2.75) is 39.0 Å². The molecule has 0 aromatic heterocycles. The molecule has 0 spiro atoms. The van der Waals surface area contributed by atoms with E-state index >= 15 is 0 Å². The SMILES string of the molecule is COc1c(C(=O)Cc2ccc(NS(C)(=O)=O)cc2)cc(N2CCC(=O)NC2=O)cc1C(C)(C)C. The molecule has 0 unspecified atom stereocenters. The number of benzene rings is 2. The average molecular weight is 488 g/mol. The molecule has 2 N–H and O–H groups in total.